The van der Waals surface area contributed by atoms with Gasteiger partial charge in [-0.1, -0.05) is 0 Å². The van der Waals surface area contributed by atoms with Gasteiger partial charge in [-0.15, -0.1) is 0 Å². The number of rotatable bonds is 1. The molecule has 2 heterocycles. The monoisotopic (exact) mass is 173 g/mol. The van der Waals surface area contributed by atoms with E-state index in [9.17, 15) is 0 Å². The third-order valence-electron chi connectivity index (χ3n) is 1.96. The number of aryl methyl sites for hydroxylation is 2. The minimum atomic E-state index is 0.926. The maximum atomic E-state index is 4.27. The van der Waals surface area contributed by atoms with E-state index >= 15 is 0 Å². The Bertz CT molecular complexity index is 418. The lowest BCUT2D eigenvalue weighted by molar-refractivity contribution is 1.11. The van der Waals surface area contributed by atoms with Gasteiger partial charge in [0.1, 0.15) is 5.69 Å². The number of aromatic nitrogens is 3. The van der Waals surface area contributed by atoms with E-state index in [1.165, 1.54) is 5.56 Å². The van der Waals surface area contributed by atoms with E-state index in [-0.39, 0.29) is 0 Å². The molecule has 0 aliphatic carbocycles. The maximum absolute atomic E-state index is 4.27. The van der Waals surface area contributed by atoms with Crippen molar-refractivity contribution in [1.82, 2.24) is 15.0 Å². The van der Waals surface area contributed by atoms with Crippen molar-refractivity contribution in [2.24, 2.45) is 0 Å². The molecule has 2 aromatic rings. The molecule has 2 aromatic heterocycles. The highest BCUT2D eigenvalue weighted by Gasteiger charge is 2.04. The average Bonchev–Trinajstić information content (AvgIpc) is 2.53. The van der Waals surface area contributed by atoms with Gasteiger partial charge in [-0.3, -0.25) is 9.97 Å². The Hall–Kier alpha value is -1.64. The van der Waals surface area contributed by atoms with Crippen LogP contribution < -0.4 is 0 Å². The first kappa shape index (κ1) is 7.98. The second kappa shape index (κ2) is 3.01. The summed E-state index contributed by atoms with van der Waals surface area (Å²) in [6.45, 7) is 4.00. The van der Waals surface area contributed by atoms with E-state index in [2.05, 4.69) is 21.0 Å². The fourth-order valence-corrected chi connectivity index (χ4v) is 1.31. The molecule has 13 heavy (non-hydrogen) atoms. The van der Waals surface area contributed by atoms with Crippen LogP contribution in [0.3, 0.4) is 0 Å². The smallest absolute Gasteiger partial charge is 0.108 e. The molecule has 1 N–H and O–H groups in total. The molecule has 0 aromatic carbocycles. The molecule has 0 fully saturated rings. The van der Waals surface area contributed by atoms with Crippen LogP contribution >= 0.6 is 0 Å². The molecule has 2 rings (SSSR count). The van der Waals surface area contributed by atoms with Crippen LogP contribution in [0.15, 0.2) is 24.7 Å². The predicted octanol–water partition coefficient (Wildman–Crippen LogP) is 2.09. The second-order valence-electron chi connectivity index (χ2n) is 3.08. The summed E-state index contributed by atoms with van der Waals surface area (Å²) < 4.78 is 0. The number of hydrogen-bond donors (Lipinski definition) is 1. The Balaban J connectivity index is 2.52. The van der Waals surface area contributed by atoms with E-state index in [0.29, 0.717) is 0 Å². The van der Waals surface area contributed by atoms with Gasteiger partial charge in [0.25, 0.3) is 0 Å². The fourth-order valence-electron chi connectivity index (χ4n) is 1.31. The zero-order valence-electron chi connectivity index (χ0n) is 7.70. The first-order chi connectivity index (χ1) is 6.27. The predicted molar refractivity (Wildman–Crippen MR) is 51.3 cm³/mol. The lowest BCUT2D eigenvalue weighted by atomic mass is 10.2. The van der Waals surface area contributed by atoms with Crippen LogP contribution in [0.4, 0.5) is 0 Å². The Labute approximate surface area is 76.9 Å². The molecule has 0 amide bonds. The van der Waals surface area contributed by atoms with Gasteiger partial charge in [0, 0.05) is 18.6 Å². The number of nitrogens with one attached hydrogen (secondary N) is 1. The van der Waals surface area contributed by atoms with Crippen molar-refractivity contribution in [2.75, 3.05) is 0 Å². The van der Waals surface area contributed by atoms with Crippen molar-refractivity contribution in [3.63, 3.8) is 0 Å². The fraction of sp³-hybridized carbons (Fsp3) is 0.200. The first-order valence-electron chi connectivity index (χ1n) is 4.20. The van der Waals surface area contributed by atoms with Crippen molar-refractivity contribution in [3.05, 3.63) is 35.9 Å². The largest absolute Gasteiger partial charge is 0.360 e. The SMILES string of the molecule is Cc1c[nH]c(-c2nccnc2C)c1. The topological polar surface area (TPSA) is 41.6 Å². The normalized spacial score (nSPS) is 10.3. The number of H-pyrrole nitrogens is 1. The lowest BCUT2D eigenvalue weighted by Crippen LogP contribution is -1.90. The quantitative estimate of drug-likeness (QED) is 0.717. The molecule has 0 atom stereocenters. The van der Waals surface area contributed by atoms with E-state index in [4.69, 9.17) is 0 Å². The van der Waals surface area contributed by atoms with Gasteiger partial charge in [-0.25, -0.2) is 0 Å². The molecule has 0 saturated heterocycles. The van der Waals surface area contributed by atoms with Gasteiger partial charge in [0.2, 0.25) is 0 Å². The van der Waals surface area contributed by atoms with Crippen LogP contribution in [0.25, 0.3) is 11.4 Å². The maximum Gasteiger partial charge on any atom is 0.108 e. The van der Waals surface area contributed by atoms with E-state index in [1.807, 2.05) is 20.0 Å². The zero-order valence-corrected chi connectivity index (χ0v) is 7.70. The Morgan fingerprint density at radius 3 is 2.54 bits per heavy atom. The zero-order chi connectivity index (χ0) is 9.26. The molecule has 66 valence electrons. The molecule has 0 radical (unpaired) electrons. The van der Waals surface area contributed by atoms with Crippen LogP contribution in [0.1, 0.15) is 11.3 Å². The highest BCUT2D eigenvalue weighted by atomic mass is 14.8. The summed E-state index contributed by atoms with van der Waals surface area (Å²) in [6, 6.07) is 2.07. The molecule has 0 unspecified atom stereocenters. The van der Waals surface area contributed by atoms with Gasteiger partial charge in [0.15, 0.2) is 0 Å². The van der Waals surface area contributed by atoms with Crippen LogP contribution in [-0.4, -0.2) is 15.0 Å². The number of aromatic amines is 1. The van der Waals surface area contributed by atoms with Gasteiger partial charge in [-0.05, 0) is 25.5 Å². The lowest BCUT2D eigenvalue weighted by Gasteiger charge is -1.99. The summed E-state index contributed by atoms with van der Waals surface area (Å²) in [4.78, 5) is 11.6. The number of hydrogen-bond acceptors (Lipinski definition) is 2. The molecule has 0 bridgehead atoms. The second-order valence-corrected chi connectivity index (χ2v) is 3.08. The third-order valence-corrected chi connectivity index (χ3v) is 1.96. The van der Waals surface area contributed by atoms with Gasteiger partial charge < -0.3 is 4.98 Å². The summed E-state index contributed by atoms with van der Waals surface area (Å²) in [5.74, 6) is 0. The van der Waals surface area contributed by atoms with Crippen molar-refractivity contribution in [3.8, 4) is 11.4 Å². The highest BCUT2D eigenvalue weighted by Crippen LogP contribution is 2.17. The van der Waals surface area contributed by atoms with Gasteiger partial charge in [-0.2, -0.15) is 0 Å². The first-order valence-corrected chi connectivity index (χ1v) is 4.20. The van der Waals surface area contributed by atoms with Crippen molar-refractivity contribution >= 4 is 0 Å². The number of nitrogens with zero attached hydrogens (tertiary/aromatic N) is 2. The Morgan fingerprint density at radius 1 is 1.15 bits per heavy atom. The molecular weight excluding hydrogens is 162 g/mol. The third kappa shape index (κ3) is 1.45. The van der Waals surface area contributed by atoms with Gasteiger partial charge in [0.05, 0.1) is 11.4 Å². The van der Waals surface area contributed by atoms with Crippen LogP contribution in [-0.2, 0) is 0 Å². The Kier molecular flexibility index (Phi) is 1.85. The van der Waals surface area contributed by atoms with E-state index in [0.717, 1.165) is 17.1 Å². The minimum Gasteiger partial charge on any atom is -0.360 e. The average molecular weight is 173 g/mol. The van der Waals surface area contributed by atoms with Gasteiger partial charge >= 0.3 is 0 Å². The highest BCUT2D eigenvalue weighted by molar-refractivity contribution is 5.57. The molecule has 0 spiro atoms. The minimum absolute atomic E-state index is 0.926. The molecule has 0 aliphatic heterocycles. The van der Waals surface area contributed by atoms with E-state index in [1.54, 1.807) is 12.4 Å². The summed E-state index contributed by atoms with van der Waals surface area (Å²) in [5.41, 5.74) is 4.11. The molecule has 0 aliphatic rings. The van der Waals surface area contributed by atoms with E-state index < -0.39 is 0 Å². The molecular formula is C10H11N3. The summed E-state index contributed by atoms with van der Waals surface area (Å²) in [6.07, 6.45) is 5.37. The van der Waals surface area contributed by atoms with Crippen molar-refractivity contribution in [2.45, 2.75) is 13.8 Å². The summed E-state index contributed by atoms with van der Waals surface area (Å²) in [7, 11) is 0. The summed E-state index contributed by atoms with van der Waals surface area (Å²) in [5, 5.41) is 0. The van der Waals surface area contributed by atoms with Crippen molar-refractivity contribution in [1.29, 1.82) is 0 Å². The Morgan fingerprint density at radius 2 is 1.92 bits per heavy atom. The van der Waals surface area contributed by atoms with Crippen LogP contribution in [0, 0.1) is 13.8 Å². The molecule has 3 nitrogen and oxygen atoms in total. The standard InChI is InChI=1S/C10H11N3/c1-7-5-9(13-6-7)10-8(2)11-3-4-12-10/h3-6,13H,1-2H3. The van der Waals surface area contributed by atoms with Crippen LogP contribution in [0.2, 0.25) is 0 Å². The molecule has 3 heteroatoms. The summed E-state index contributed by atoms with van der Waals surface area (Å²) >= 11 is 0. The molecule has 0 saturated carbocycles. The van der Waals surface area contributed by atoms with Crippen molar-refractivity contribution < 1.29 is 0 Å². The van der Waals surface area contributed by atoms with Crippen LogP contribution in [0.5, 0.6) is 0 Å².